The summed E-state index contributed by atoms with van der Waals surface area (Å²) in [7, 11) is 0. The van der Waals surface area contributed by atoms with Crippen molar-refractivity contribution in [3.05, 3.63) is 36.0 Å². The first-order valence-corrected chi connectivity index (χ1v) is 6.91. The third kappa shape index (κ3) is 9.80. The van der Waals surface area contributed by atoms with Crippen LogP contribution in [-0.4, -0.2) is 5.78 Å². The van der Waals surface area contributed by atoms with E-state index in [2.05, 4.69) is 13.0 Å². The normalized spacial score (nSPS) is 12.4. The summed E-state index contributed by atoms with van der Waals surface area (Å²) < 4.78 is 0. The number of ketones is 1. The Hall–Kier alpha value is -1.11. The van der Waals surface area contributed by atoms with Crippen LogP contribution in [0.15, 0.2) is 36.0 Å². The van der Waals surface area contributed by atoms with E-state index in [4.69, 9.17) is 0 Å². The molecule has 0 aromatic carbocycles. The summed E-state index contributed by atoms with van der Waals surface area (Å²) in [6, 6.07) is 0. The summed E-state index contributed by atoms with van der Waals surface area (Å²) >= 11 is 0. The molecule has 0 saturated carbocycles. The van der Waals surface area contributed by atoms with Crippen LogP contribution in [0.2, 0.25) is 0 Å². The molecule has 0 saturated heterocycles. The van der Waals surface area contributed by atoms with Gasteiger partial charge in [-0.3, -0.25) is 4.79 Å². The second kappa shape index (κ2) is 14.9. The summed E-state index contributed by atoms with van der Waals surface area (Å²) in [4.78, 5) is 11.6. The number of hydrogen-bond donors (Lipinski definition) is 0. The fourth-order valence-corrected chi connectivity index (χ4v) is 1.27. The molecule has 98 valence electrons. The molecule has 1 rings (SSSR count). The molecule has 1 aliphatic rings. The fraction of sp³-hybridized carbons (Fsp3) is 0.562. The zero-order valence-electron chi connectivity index (χ0n) is 12.1. The maximum atomic E-state index is 11.6. The van der Waals surface area contributed by atoms with Crippen molar-refractivity contribution in [2.24, 2.45) is 0 Å². The maximum absolute atomic E-state index is 11.6. The molecule has 0 aromatic heterocycles. The van der Waals surface area contributed by atoms with Crippen LogP contribution in [0.5, 0.6) is 0 Å². The lowest BCUT2D eigenvalue weighted by molar-refractivity contribution is -0.115. The first-order valence-electron chi connectivity index (χ1n) is 6.91. The molecule has 0 amide bonds. The van der Waals surface area contributed by atoms with Crippen molar-refractivity contribution in [3.63, 3.8) is 0 Å². The number of unbranched alkanes of at least 4 members (excludes halogenated alkanes) is 1. The Morgan fingerprint density at radius 3 is 2.41 bits per heavy atom. The molecule has 0 radical (unpaired) electrons. The average Bonchev–Trinajstić information content (AvgIpc) is 2.69. The van der Waals surface area contributed by atoms with Gasteiger partial charge in [-0.2, -0.15) is 0 Å². The molecule has 0 aromatic rings. The standard InChI is InChI=1S/C12H16O.2C2H6/c1-2-3-10-12(13)11-8-6-4-5-7-9-11;2*1-2/h4-6,8-9H,2-3,7,10H2,1H3;2*1-2H3. The molecular weight excluding hydrogens is 208 g/mol. The van der Waals surface area contributed by atoms with Crippen molar-refractivity contribution < 1.29 is 4.79 Å². The van der Waals surface area contributed by atoms with Crippen LogP contribution in [0.4, 0.5) is 0 Å². The highest BCUT2D eigenvalue weighted by molar-refractivity contribution is 5.98. The highest BCUT2D eigenvalue weighted by atomic mass is 16.1. The summed E-state index contributed by atoms with van der Waals surface area (Å²) in [5, 5.41) is 0. The monoisotopic (exact) mass is 236 g/mol. The van der Waals surface area contributed by atoms with E-state index in [0.29, 0.717) is 6.42 Å². The summed E-state index contributed by atoms with van der Waals surface area (Å²) in [5.74, 6) is 0.279. The second-order valence-electron chi connectivity index (χ2n) is 3.21. The topological polar surface area (TPSA) is 17.1 Å². The second-order valence-corrected chi connectivity index (χ2v) is 3.21. The van der Waals surface area contributed by atoms with Gasteiger partial charge in [-0.05, 0) is 12.8 Å². The fourth-order valence-electron chi connectivity index (χ4n) is 1.27. The minimum absolute atomic E-state index is 0.279. The summed E-state index contributed by atoms with van der Waals surface area (Å²) in [6.45, 7) is 10.1. The van der Waals surface area contributed by atoms with Crippen LogP contribution in [0.25, 0.3) is 0 Å². The van der Waals surface area contributed by atoms with Crippen molar-refractivity contribution >= 4 is 5.78 Å². The van der Waals surface area contributed by atoms with Gasteiger partial charge in [0.15, 0.2) is 5.78 Å². The Kier molecular flexibility index (Phi) is 16.0. The van der Waals surface area contributed by atoms with Gasteiger partial charge in [0.2, 0.25) is 0 Å². The van der Waals surface area contributed by atoms with Gasteiger partial charge in [0, 0.05) is 12.0 Å². The molecule has 0 N–H and O–H groups in total. The van der Waals surface area contributed by atoms with Gasteiger partial charge in [0.05, 0.1) is 0 Å². The molecule has 0 spiro atoms. The molecule has 0 atom stereocenters. The smallest absolute Gasteiger partial charge is 0.162 e. The largest absolute Gasteiger partial charge is 0.294 e. The number of allylic oxidation sites excluding steroid dienone is 6. The van der Waals surface area contributed by atoms with E-state index in [1.54, 1.807) is 0 Å². The molecule has 1 aliphatic carbocycles. The quantitative estimate of drug-likeness (QED) is 0.652. The highest BCUT2D eigenvalue weighted by Crippen LogP contribution is 2.10. The Morgan fingerprint density at radius 1 is 1.18 bits per heavy atom. The number of Topliss-reactive ketones (excluding diaryl/α,β-unsaturated/α-hetero) is 1. The van der Waals surface area contributed by atoms with Gasteiger partial charge in [-0.15, -0.1) is 0 Å². The van der Waals surface area contributed by atoms with Crippen LogP contribution >= 0.6 is 0 Å². The van der Waals surface area contributed by atoms with Gasteiger partial charge < -0.3 is 0 Å². The Labute approximate surface area is 107 Å². The van der Waals surface area contributed by atoms with Gasteiger partial charge in [0.1, 0.15) is 0 Å². The molecule has 17 heavy (non-hydrogen) atoms. The summed E-state index contributed by atoms with van der Waals surface area (Å²) in [6.07, 6.45) is 13.5. The Balaban J connectivity index is 0. The lowest BCUT2D eigenvalue weighted by Crippen LogP contribution is -1.99. The third-order valence-electron chi connectivity index (χ3n) is 2.08. The van der Waals surface area contributed by atoms with Crippen molar-refractivity contribution in [2.75, 3.05) is 0 Å². The van der Waals surface area contributed by atoms with Gasteiger partial charge in [-0.1, -0.05) is 71.4 Å². The minimum atomic E-state index is 0.279. The van der Waals surface area contributed by atoms with E-state index in [-0.39, 0.29) is 5.78 Å². The molecule has 1 nitrogen and oxygen atoms in total. The number of carbonyl (C=O) groups is 1. The molecule has 0 bridgehead atoms. The molecule has 1 heteroatoms. The van der Waals surface area contributed by atoms with Crippen LogP contribution in [0.1, 0.15) is 60.3 Å². The van der Waals surface area contributed by atoms with E-state index < -0.39 is 0 Å². The minimum Gasteiger partial charge on any atom is -0.294 e. The first kappa shape index (κ1) is 18.3. The van der Waals surface area contributed by atoms with E-state index >= 15 is 0 Å². The predicted octanol–water partition coefficient (Wildman–Crippen LogP) is 5.24. The van der Waals surface area contributed by atoms with Crippen LogP contribution < -0.4 is 0 Å². The zero-order valence-corrected chi connectivity index (χ0v) is 12.1. The molecular formula is C16H28O. The van der Waals surface area contributed by atoms with E-state index in [1.807, 2.05) is 52.0 Å². The Bertz CT molecular complexity index is 257. The zero-order chi connectivity index (χ0) is 13.5. The van der Waals surface area contributed by atoms with Crippen LogP contribution in [-0.2, 0) is 4.79 Å². The molecule has 0 aliphatic heterocycles. The van der Waals surface area contributed by atoms with Gasteiger partial charge in [0.25, 0.3) is 0 Å². The highest BCUT2D eigenvalue weighted by Gasteiger charge is 2.05. The number of rotatable bonds is 4. The maximum Gasteiger partial charge on any atom is 0.162 e. The molecule has 0 fully saturated rings. The number of hydrogen-bond acceptors (Lipinski definition) is 1. The van der Waals surface area contributed by atoms with Gasteiger partial charge >= 0.3 is 0 Å². The average molecular weight is 236 g/mol. The lowest BCUT2D eigenvalue weighted by Gasteiger charge is -1.99. The van der Waals surface area contributed by atoms with E-state index in [0.717, 1.165) is 24.8 Å². The van der Waals surface area contributed by atoms with Gasteiger partial charge in [-0.25, -0.2) is 0 Å². The van der Waals surface area contributed by atoms with Crippen LogP contribution in [0.3, 0.4) is 0 Å². The van der Waals surface area contributed by atoms with Crippen molar-refractivity contribution in [1.29, 1.82) is 0 Å². The van der Waals surface area contributed by atoms with Crippen molar-refractivity contribution in [2.45, 2.75) is 60.3 Å². The third-order valence-corrected chi connectivity index (χ3v) is 2.08. The summed E-state index contributed by atoms with van der Waals surface area (Å²) in [5.41, 5.74) is 0.874. The van der Waals surface area contributed by atoms with Crippen molar-refractivity contribution in [3.8, 4) is 0 Å². The SMILES string of the molecule is CC.CC.CCCCC(=O)C1=CCC=CC=C1. The van der Waals surface area contributed by atoms with E-state index in [9.17, 15) is 4.79 Å². The Morgan fingerprint density at radius 2 is 1.82 bits per heavy atom. The predicted molar refractivity (Wildman–Crippen MR) is 78.2 cm³/mol. The lowest BCUT2D eigenvalue weighted by atomic mass is 10.1. The van der Waals surface area contributed by atoms with Crippen LogP contribution in [0, 0.1) is 0 Å². The first-order chi connectivity index (χ1) is 8.34. The molecule has 0 unspecified atom stereocenters. The van der Waals surface area contributed by atoms with E-state index in [1.165, 1.54) is 0 Å². The van der Waals surface area contributed by atoms with Crippen molar-refractivity contribution in [1.82, 2.24) is 0 Å². The number of carbonyl (C=O) groups excluding carboxylic acids is 1. The molecule has 0 heterocycles.